The summed E-state index contributed by atoms with van der Waals surface area (Å²) in [5.74, 6) is -0.702. The van der Waals surface area contributed by atoms with E-state index in [0.717, 1.165) is 0 Å². The van der Waals surface area contributed by atoms with Crippen LogP contribution in [0.1, 0.15) is 17.5 Å². The van der Waals surface area contributed by atoms with Crippen LogP contribution >= 0.6 is 0 Å². The lowest BCUT2D eigenvalue weighted by Gasteiger charge is -2.18. The fourth-order valence-electron chi connectivity index (χ4n) is 3.12. The van der Waals surface area contributed by atoms with Crippen LogP contribution in [0, 0.1) is 0 Å². The molecular weight excluding hydrogens is 324 g/mol. The summed E-state index contributed by atoms with van der Waals surface area (Å²) in [4.78, 5) is 12.0. The first-order valence-corrected chi connectivity index (χ1v) is 8.06. The third-order valence-electron chi connectivity index (χ3n) is 4.46. The molecule has 0 aliphatic heterocycles. The highest BCUT2D eigenvalue weighted by atomic mass is 16.3. The SMILES string of the molecule is O=C1C[C@@H](O)Cc2ccc(O)c(c2)-c2cc(ccc2O)C[C@H](O)[C@H]1O. The van der Waals surface area contributed by atoms with Crippen LogP contribution < -0.4 is 0 Å². The number of rotatable bonds is 0. The van der Waals surface area contributed by atoms with Gasteiger partial charge < -0.3 is 25.5 Å². The predicted octanol–water partition coefficient (Wildman–Crippen LogP) is 0.905. The molecule has 0 fully saturated rings. The van der Waals surface area contributed by atoms with Crippen molar-refractivity contribution in [2.75, 3.05) is 0 Å². The van der Waals surface area contributed by atoms with Crippen LogP contribution in [0.15, 0.2) is 36.4 Å². The normalized spacial score (nSPS) is 24.1. The second-order valence-corrected chi connectivity index (χ2v) is 6.45. The summed E-state index contributed by atoms with van der Waals surface area (Å²) in [6.07, 6.45) is -4.08. The summed E-state index contributed by atoms with van der Waals surface area (Å²) in [7, 11) is 0. The number of fused-ring (bicyclic) bond motifs is 5. The molecule has 4 bridgehead atoms. The van der Waals surface area contributed by atoms with E-state index in [-0.39, 0.29) is 30.8 Å². The molecule has 3 atom stereocenters. The largest absolute Gasteiger partial charge is 0.507 e. The Kier molecular flexibility index (Phi) is 4.76. The Bertz CT molecular complexity index is 800. The van der Waals surface area contributed by atoms with Crippen molar-refractivity contribution in [1.29, 1.82) is 0 Å². The summed E-state index contributed by atoms with van der Waals surface area (Å²) < 4.78 is 0. The maximum Gasteiger partial charge on any atom is 0.166 e. The van der Waals surface area contributed by atoms with Gasteiger partial charge in [-0.1, -0.05) is 12.1 Å². The topological polar surface area (TPSA) is 118 Å². The highest BCUT2D eigenvalue weighted by Crippen LogP contribution is 2.37. The van der Waals surface area contributed by atoms with Gasteiger partial charge in [0.1, 0.15) is 17.6 Å². The molecular formula is C19H20O6. The van der Waals surface area contributed by atoms with Gasteiger partial charge in [-0.05, 0) is 41.8 Å². The number of carbonyl (C=O) groups is 1. The van der Waals surface area contributed by atoms with E-state index in [2.05, 4.69) is 0 Å². The molecule has 2 aromatic rings. The quantitative estimate of drug-likeness (QED) is 0.485. The minimum absolute atomic E-state index is 0.00324. The lowest BCUT2D eigenvalue weighted by Crippen LogP contribution is -2.37. The Morgan fingerprint density at radius 2 is 1.28 bits per heavy atom. The van der Waals surface area contributed by atoms with E-state index >= 15 is 0 Å². The lowest BCUT2D eigenvalue weighted by atomic mass is 9.96. The number of phenols is 2. The van der Waals surface area contributed by atoms with E-state index in [1.807, 2.05) is 0 Å². The molecule has 25 heavy (non-hydrogen) atoms. The third kappa shape index (κ3) is 3.66. The first-order chi connectivity index (χ1) is 11.8. The predicted molar refractivity (Wildman–Crippen MR) is 90.3 cm³/mol. The Hall–Kier alpha value is -2.41. The zero-order valence-corrected chi connectivity index (χ0v) is 13.5. The molecule has 132 valence electrons. The van der Waals surface area contributed by atoms with Gasteiger partial charge in [-0.3, -0.25) is 4.79 Å². The molecule has 0 saturated heterocycles. The average molecular weight is 344 g/mol. The second-order valence-electron chi connectivity index (χ2n) is 6.45. The number of phenolic OH excluding ortho intramolecular Hbond substituents is 2. The molecule has 0 radical (unpaired) electrons. The van der Waals surface area contributed by atoms with E-state index in [0.29, 0.717) is 22.3 Å². The highest BCUT2D eigenvalue weighted by Gasteiger charge is 2.27. The fourth-order valence-corrected chi connectivity index (χ4v) is 3.12. The van der Waals surface area contributed by atoms with Crippen LogP contribution in [0.3, 0.4) is 0 Å². The van der Waals surface area contributed by atoms with Gasteiger partial charge in [0.05, 0.1) is 12.2 Å². The van der Waals surface area contributed by atoms with Crippen molar-refractivity contribution in [1.82, 2.24) is 0 Å². The van der Waals surface area contributed by atoms with Crippen molar-refractivity contribution in [3.8, 4) is 22.6 Å². The van der Waals surface area contributed by atoms with Gasteiger partial charge in [-0.2, -0.15) is 0 Å². The van der Waals surface area contributed by atoms with E-state index in [1.165, 1.54) is 12.1 Å². The first-order valence-electron chi connectivity index (χ1n) is 8.06. The van der Waals surface area contributed by atoms with Crippen LogP contribution in [0.2, 0.25) is 0 Å². The van der Waals surface area contributed by atoms with Crippen molar-refractivity contribution in [2.24, 2.45) is 0 Å². The maximum atomic E-state index is 12.0. The summed E-state index contributed by atoms with van der Waals surface area (Å²) in [5.41, 5.74) is 2.03. The van der Waals surface area contributed by atoms with Gasteiger partial charge in [-0.15, -0.1) is 0 Å². The summed E-state index contributed by atoms with van der Waals surface area (Å²) in [6.45, 7) is 0. The number of hydrogen-bond acceptors (Lipinski definition) is 6. The van der Waals surface area contributed by atoms with Crippen LogP contribution in [-0.4, -0.2) is 49.6 Å². The number of aliphatic hydroxyl groups is 3. The molecule has 0 spiro atoms. The van der Waals surface area contributed by atoms with Crippen molar-refractivity contribution in [2.45, 2.75) is 37.6 Å². The fraction of sp³-hybridized carbons (Fsp3) is 0.316. The molecule has 6 heteroatoms. The number of aromatic hydroxyl groups is 2. The number of aliphatic hydroxyl groups excluding tert-OH is 3. The third-order valence-corrected chi connectivity index (χ3v) is 4.46. The van der Waals surface area contributed by atoms with Crippen molar-refractivity contribution in [3.05, 3.63) is 47.5 Å². The Morgan fingerprint density at radius 1 is 0.760 bits per heavy atom. The Morgan fingerprint density at radius 3 is 1.84 bits per heavy atom. The number of benzene rings is 2. The minimum Gasteiger partial charge on any atom is -0.507 e. The second kappa shape index (κ2) is 6.84. The van der Waals surface area contributed by atoms with Gasteiger partial charge in [0.2, 0.25) is 0 Å². The van der Waals surface area contributed by atoms with Crippen molar-refractivity contribution in [3.63, 3.8) is 0 Å². The summed E-state index contributed by atoms with van der Waals surface area (Å²) in [6, 6.07) is 9.35. The number of Topliss-reactive ketones (excluding diaryl/α,β-unsaturated/α-hetero) is 1. The van der Waals surface area contributed by atoms with Gasteiger partial charge in [0, 0.05) is 24.0 Å². The molecule has 0 amide bonds. The monoisotopic (exact) mass is 344 g/mol. The van der Waals surface area contributed by atoms with Crippen LogP contribution in [0.4, 0.5) is 0 Å². The minimum atomic E-state index is -1.59. The van der Waals surface area contributed by atoms with Crippen LogP contribution in [0.25, 0.3) is 11.1 Å². The van der Waals surface area contributed by atoms with Gasteiger partial charge in [0.15, 0.2) is 5.78 Å². The first kappa shape index (κ1) is 17.4. The standard InChI is InChI=1S/C19H20O6/c20-12-5-10-1-3-15(21)13(6-10)14-7-11(2-4-16(14)22)8-17(23)19(25)18(24)9-12/h1-4,6-7,12,17,19-23,25H,5,8-9H2/t12-,17-,19+/m0/s1. The molecule has 0 saturated carbocycles. The molecule has 2 aromatic carbocycles. The van der Waals surface area contributed by atoms with E-state index in [9.17, 15) is 30.3 Å². The van der Waals surface area contributed by atoms with Crippen LogP contribution in [-0.2, 0) is 17.6 Å². The molecule has 3 rings (SSSR count). The Labute approximate surface area is 144 Å². The van der Waals surface area contributed by atoms with Crippen LogP contribution in [0.5, 0.6) is 11.5 Å². The summed E-state index contributed by atoms with van der Waals surface area (Å²) in [5, 5.41) is 50.5. The highest BCUT2D eigenvalue weighted by molar-refractivity contribution is 5.84. The van der Waals surface area contributed by atoms with Gasteiger partial charge in [0.25, 0.3) is 0 Å². The van der Waals surface area contributed by atoms with Crippen molar-refractivity contribution >= 4 is 5.78 Å². The maximum absolute atomic E-state index is 12.0. The molecule has 1 aliphatic carbocycles. The molecule has 1 aliphatic rings. The van der Waals surface area contributed by atoms with Gasteiger partial charge in [-0.25, -0.2) is 0 Å². The number of hydrogen-bond donors (Lipinski definition) is 5. The average Bonchev–Trinajstić information content (AvgIpc) is 2.57. The zero-order valence-electron chi connectivity index (χ0n) is 13.5. The number of ketones is 1. The lowest BCUT2D eigenvalue weighted by molar-refractivity contribution is -0.134. The van der Waals surface area contributed by atoms with Crippen molar-refractivity contribution < 1.29 is 30.3 Å². The zero-order chi connectivity index (χ0) is 18.1. The summed E-state index contributed by atoms with van der Waals surface area (Å²) >= 11 is 0. The smallest absolute Gasteiger partial charge is 0.166 e. The molecule has 6 nitrogen and oxygen atoms in total. The van der Waals surface area contributed by atoms with E-state index in [4.69, 9.17) is 0 Å². The van der Waals surface area contributed by atoms with E-state index in [1.54, 1.807) is 24.3 Å². The number of carbonyl (C=O) groups excluding carboxylic acids is 1. The molecule has 0 aromatic heterocycles. The van der Waals surface area contributed by atoms with E-state index < -0.39 is 24.1 Å². The molecule has 0 heterocycles. The molecule has 5 N–H and O–H groups in total. The molecule has 0 unspecified atom stereocenters. The van der Waals surface area contributed by atoms with Gasteiger partial charge >= 0.3 is 0 Å². The Balaban J connectivity index is 2.13.